The lowest BCUT2D eigenvalue weighted by atomic mass is 9.81. The zero-order valence-corrected chi connectivity index (χ0v) is 13.8. The van der Waals surface area contributed by atoms with Gasteiger partial charge in [0.1, 0.15) is 0 Å². The van der Waals surface area contributed by atoms with E-state index in [0.717, 1.165) is 32.7 Å². The second-order valence-electron chi connectivity index (χ2n) is 6.27. The van der Waals surface area contributed by atoms with Crippen molar-refractivity contribution in [1.82, 2.24) is 10.3 Å². The molecule has 0 aromatic heterocycles. The average Bonchev–Trinajstić information content (AvgIpc) is 2.50. The zero-order valence-electron chi connectivity index (χ0n) is 13.8. The van der Waals surface area contributed by atoms with Crippen molar-refractivity contribution in [2.24, 2.45) is 5.84 Å². The lowest BCUT2D eigenvalue weighted by Gasteiger charge is -2.48. The Hall–Kier alpha value is -0.940. The molecule has 2 rings (SSSR count). The molecule has 1 aliphatic rings. The standard InChI is InChI=1S/C17H29N3O/c1-5-17(4,20-8-10-21-11-9-20)16(19-18)15-7-6-13(2)12-14(15)3/h6-7,12,16,19H,5,8-11,18H2,1-4H3. The van der Waals surface area contributed by atoms with E-state index >= 15 is 0 Å². The van der Waals surface area contributed by atoms with Crippen molar-refractivity contribution in [1.29, 1.82) is 0 Å². The molecule has 1 aromatic carbocycles. The first-order valence-corrected chi connectivity index (χ1v) is 7.89. The molecule has 2 atom stereocenters. The third-order valence-corrected chi connectivity index (χ3v) is 4.97. The Morgan fingerprint density at radius 1 is 1.33 bits per heavy atom. The van der Waals surface area contributed by atoms with Crippen LogP contribution in [-0.4, -0.2) is 36.7 Å². The van der Waals surface area contributed by atoms with Crippen molar-refractivity contribution in [2.75, 3.05) is 26.3 Å². The number of nitrogens with one attached hydrogen (secondary N) is 1. The number of nitrogens with zero attached hydrogens (tertiary/aromatic N) is 1. The minimum Gasteiger partial charge on any atom is -0.379 e. The summed E-state index contributed by atoms with van der Waals surface area (Å²) in [4.78, 5) is 2.51. The van der Waals surface area contributed by atoms with Crippen molar-refractivity contribution in [3.05, 3.63) is 34.9 Å². The molecule has 118 valence electrons. The molecule has 4 nitrogen and oxygen atoms in total. The summed E-state index contributed by atoms with van der Waals surface area (Å²) >= 11 is 0. The number of hydrogen-bond donors (Lipinski definition) is 2. The molecule has 1 heterocycles. The van der Waals surface area contributed by atoms with Crippen LogP contribution in [0.25, 0.3) is 0 Å². The minimum absolute atomic E-state index is 0.0153. The second kappa shape index (κ2) is 6.88. The molecule has 0 bridgehead atoms. The number of hydrazine groups is 1. The summed E-state index contributed by atoms with van der Waals surface area (Å²) in [7, 11) is 0. The summed E-state index contributed by atoms with van der Waals surface area (Å²) < 4.78 is 5.50. The van der Waals surface area contributed by atoms with Crippen LogP contribution in [0.4, 0.5) is 0 Å². The van der Waals surface area contributed by atoms with E-state index in [9.17, 15) is 0 Å². The average molecular weight is 291 g/mol. The first kappa shape index (κ1) is 16.4. The normalized spacial score (nSPS) is 21.0. The fourth-order valence-electron chi connectivity index (χ4n) is 3.44. The van der Waals surface area contributed by atoms with Gasteiger partial charge in [0.25, 0.3) is 0 Å². The van der Waals surface area contributed by atoms with E-state index in [-0.39, 0.29) is 11.6 Å². The van der Waals surface area contributed by atoms with Gasteiger partial charge in [-0.25, -0.2) is 0 Å². The Kier molecular flexibility index (Phi) is 5.38. The third kappa shape index (κ3) is 3.29. The molecule has 0 saturated carbocycles. The number of benzene rings is 1. The van der Waals surface area contributed by atoms with Crippen molar-refractivity contribution in [2.45, 2.75) is 45.7 Å². The van der Waals surface area contributed by atoms with Crippen LogP contribution in [0, 0.1) is 13.8 Å². The maximum Gasteiger partial charge on any atom is 0.0643 e. The summed E-state index contributed by atoms with van der Waals surface area (Å²) in [5.41, 5.74) is 6.95. The van der Waals surface area contributed by atoms with E-state index < -0.39 is 0 Å². The highest BCUT2D eigenvalue weighted by Crippen LogP contribution is 2.35. The van der Waals surface area contributed by atoms with E-state index in [0.29, 0.717) is 0 Å². The summed E-state index contributed by atoms with van der Waals surface area (Å²) in [5.74, 6) is 5.97. The van der Waals surface area contributed by atoms with Gasteiger partial charge < -0.3 is 4.74 Å². The van der Waals surface area contributed by atoms with Gasteiger partial charge in [0.2, 0.25) is 0 Å². The van der Waals surface area contributed by atoms with Crippen LogP contribution in [0.5, 0.6) is 0 Å². The SMILES string of the molecule is CCC(C)(C(NN)c1ccc(C)cc1C)N1CCOCC1. The van der Waals surface area contributed by atoms with Gasteiger partial charge in [-0.3, -0.25) is 16.2 Å². The molecule has 2 unspecified atom stereocenters. The molecule has 1 aliphatic heterocycles. The van der Waals surface area contributed by atoms with Crippen LogP contribution >= 0.6 is 0 Å². The molecule has 0 spiro atoms. The molecular formula is C17H29N3O. The Labute approximate surface area is 128 Å². The molecule has 1 aromatic rings. The van der Waals surface area contributed by atoms with Gasteiger partial charge in [0.15, 0.2) is 0 Å². The van der Waals surface area contributed by atoms with Crippen molar-refractivity contribution in [3.8, 4) is 0 Å². The maximum absolute atomic E-state index is 5.97. The van der Waals surface area contributed by atoms with E-state index in [2.05, 4.69) is 56.2 Å². The zero-order chi connectivity index (χ0) is 15.5. The summed E-state index contributed by atoms with van der Waals surface area (Å²) in [6.45, 7) is 12.4. The molecule has 0 radical (unpaired) electrons. The summed E-state index contributed by atoms with van der Waals surface area (Å²) in [5, 5.41) is 0. The van der Waals surface area contributed by atoms with Crippen molar-refractivity contribution < 1.29 is 4.74 Å². The van der Waals surface area contributed by atoms with Gasteiger partial charge in [-0.15, -0.1) is 0 Å². The van der Waals surface area contributed by atoms with Gasteiger partial charge in [-0.1, -0.05) is 30.7 Å². The largest absolute Gasteiger partial charge is 0.379 e. The van der Waals surface area contributed by atoms with Crippen LogP contribution in [0.1, 0.15) is 43.0 Å². The van der Waals surface area contributed by atoms with E-state index in [1.54, 1.807) is 0 Å². The Balaban J connectivity index is 2.35. The molecule has 21 heavy (non-hydrogen) atoms. The minimum atomic E-state index is -0.0153. The number of morpholine rings is 1. The predicted octanol–water partition coefficient (Wildman–Crippen LogP) is 2.31. The van der Waals surface area contributed by atoms with E-state index in [4.69, 9.17) is 10.6 Å². The van der Waals surface area contributed by atoms with E-state index in [1.807, 2.05) is 0 Å². The third-order valence-electron chi connectivity index (χ3n) is 4.97. The molecule has 1 saturated heterocycles. The lowest BCUT2D eigenvalue weighted by molar-refractivity contribution is -0.0330. The monoisotopic (exact) mass is 291 g/mol. The van der Waals surface area contributed by atoms with Crippen LogP contribution in [-0.2, 0) is 4.74 Å². The topological polar surface area (TPSA) is 50.5 Å². The maximum atomic E-state index is 5.97. The Morgan fingerprint density at radius 3 is 2.52 bits per heavy atom. The van der Waals surface area contributed by atoms with Crippen LogP contribution < -0.4 is 11.3 Å². The van der Waals surface area contributed by atoms with Crippen molar-refractivity contribution >= 4 is 0 Å². The fourth-order valence-corrected chi connectivity index (χ4v) is 3.44. The highest BCUT2D eigenvalue weighted by atomic mass is 16.5. The van der Waals surface area contributed by atoms with Gasteiger partial charge in [0.05, 0.1) is 19.3 Å². The molecule has 3 N–H and O–H groups in total. The Bertz CT molecular complexity index is 471. The predicted molar refractivity (Wildman–Crippen MR) is 87.1 cm³/mol. The Morgan fingerprint density at radius 2 is 2.00 bits per heavy atom. The molecule has 0 aliphatic carbocycles. The highest BCUT2D eigenvalue weighted by molar-refractivity contribution is 5.34. The van der Waals surface area contributed by atoms with Crippen LogP contribution in [0.15, 0.2) is 18.2 Å². The number of hydrogen-bond acceptors (Lipinski definition) is 4. The smallest absolute Gasteiger partial charge is 0.0643 e. The fraction of sp³-hybridized carbons (Fsp3) is 0.647. The van der Waals surface area contributed by atoms with Gasteiger partial charge in [-0.05, 0) is 38.3 Å². The molecule has 1 fully saturated rings. The van der Waals surface area contributed by atoms with Crippen LogP contribution in [0.2, 0.25) is 0 Å². The van der Waals surface area contributed by atoms with E-state index in [1.165, 1.54) is 16.7 Å². The van der Waals surface area contributed by atoms with Gasteiger partial charge >= 0.3 is 0 Å². The van der Waals surface area contributed by atoms with Crippen LogP contribution in [0.3, 0.4) is 0 Å². The summed E-state index contributed by atoms with van der Waals surface area (Å²) in [6, 6.07) is 6.72. The first-order chi connectivity index (χ1) is 10.0. The lowest BCUT2D eigenvalue weighted by Crippen LogP contribution is -2.58. The second-order valence-corrected chi connectivity index (χ2v) is 6.27. The molecular weight excluding hydrogens is 262 g/mol. The number of ether oxygens (including phenoxy) is 1. The number of aryl methyl sites for hydroxylation is 2. The number of nitrogens with two attached hydrogens (primary N) is 1. The van der Waals surface area contributed by atoms with Crippen molar-refractivity contribution in [3.63, 3.8) is 0 Å². The first-order valence-electron chi connectivity index (χ1n) is 7.89. The molecule has 0 amide bonds. The quantitative estimate of drug-likeness (QED) is 0.646. The highest BCUT2D eigenvalue weighted by Gasteiger charge is 2.39. The molecule has 4 heteroatoms. The van der Waals surface area contributed by atoms with Gasteiger partial charge in [0, 0.05) is 18.6 Å². The summed E-state index contributed by atoms with van der Waals surface area (Å²) in [6.07, 6.45) is 1.04. The van der Waals surface area contributed by atoms with Gasteiger partial charge in [-0.2, -0.15) is 0 Å². The number of rotatable bonds is 5.